The van der Waals surface area contributed by atoms with Crippen LogP contribution in [-0.4, -0.2) is 64.0 Å². The number of aliphatic imine (C=N–C) groups is 1. The molecule has 0 bridgehead atoms. The Morgan fingerprint density at radius 3 is 2.63 bits per heavy atom. The van der Waals surface area contributed by atoms with Gasteiger partial charge in [0.15, 0.2) is 11.4 Å². The Bertz CT molecular complexity index is 1760. The van der Waals surface area contributed by atoms with Gasteiger partial charge in [0, 0.05) is 40.5 Å². The highest BCUT2D eigenvalue weighted by Crippen LogP contribution is 2.40. The van der Waals surface area contributed by atoms with E-state index >= 15 is 0 Å². The third-order valence-electron chi connectivity index (χ3n) is 10.2. The summed E-state index contributed by atoms with van der Waals surface area (Å²) in [5.41, 5.74) is 1.96. The highest BCUT2D eigenvalue weighted by Gasteiger charge is 2.51. The first-order chi connectivity index (χ1) is 24.5. The van der Waals surface area contributed by atoms with Crippen molar-refractivity contribution in [3.8, 4) is 16.9 Å². The highest BCUT2D eigenvalue weighted by molar-refractivity contribution is 8.00. The number of carbonyl (C=O) groups is 2. The van der Waals surface area contributed by atoms with Crippen molar-refractivity contribution in [1.29, 1.82) is 0 Å². The van der Waals surface area contributed by atoms with Gasteiger partial charge in [-0.3, -0.25) is 19.5 Å². The number of nitrogens with one attached hydrogen (secondary N) is 1. The van der Waals surface area contributed by atoms with Crippen LogP contribution < -0.4 is 9.46 Å². The number of aryl methyl sites for hydroxylation is 1. The van der Waals surface area contributed by atoms with E-state index in [0.717, 1.165) is 54.5 Å². The fourth-order valence-electron chi connectivity index (χ4n) is 7.19. The lowest BCUT2D eigenvalue weighted by atomic mass is 9.88. The number of unbranched alkanes of at least 4 members (excludes halogenated alkanes) is 1. The number of amides is 2. The zero-order valence-corrected chi connectivity index (χ0v) is 30.3. The molecular weight excluding hydrogens is 680 g/mol. The average Bonchev–Trinajstić information content (AvgIpc) is 3.82. The fraction of sp³-hybridized carbons (Fsp3) is 0.526. The Morgan fingerprint density at radius 1 is 1.12 bits per heavy atom. The van der Waals surface area contributed by atoms with E-state index in [1.165, 1.54) is 11.9 Å². The Morgan fingerprint density at radius 2 is 1.90 bits per heavy atom. The molecule has 0 radical (unpaired) electrons. The minimum Gasteiger partial charge on any atom is -0.493 e. The predicted molar refractivity (Wildman–Crippen MR) is 192 cm³/mol. The molecule has 1 aromatic heterocycles. The minimum atomic E-state index is -4.38. The van der Waals surface area contributed by atoms with Crippen LogP contribution in [0.4, 0.5) is 19.0 Å². The van der Waals surface area contributed by atoms with E-state index in [1.807, 2.05) is 55.1 Å². The Labute approximate surface area is 301 Å². The standard InChI is InChI=1S/C38H46F3N5O4S/c1-4-5-15-33-42-37(18-10-20-45(24-37)35(47)28-11-6-7-12-28)36(48)46(33)23-27-16-17-29(31(22-27)49-21-19-38(39,40)41)30-13-8-9-14-32(30)51-44-34-25(2)26(3)50-43-34/h8-9,13-14,16-17,22,28H,4-7,10-12,15,18-21,23-24H2,1-3H3,(H,43,44). The maximum Gasteiger partial charge on any atom is 0.392 e. The number of aromatic nitrogens is 1. The van der Waals surface area contributed by atoms with Gasteiger partial charge in [-0.25, -0.2) is 0 Å². The zero-order chi connectivity index (χ0) is 36.2. The summed E-state index contributed by atoms with van der Waals surface area (Å²) in [5, 5.41) is 4.07. The van der Waals surface area contributed by atoms with Crippen molar-refractivity contribution in [3.63, 3.8) is 0 Å². The van der Waals surface area contributed by atoms with Crippen LogP contribution in [0, 0.1) is 19.8 Å². The Kier molecular flexibility index (Phi) is 11.3. The predicted octanol–water partition coefficient (Wildman–Crippen LogP) is 8.89. The molecule has 274 valence electrons. The van der Waals surface area contributed by atoms with Crippen LogP contribution in [0.1, 0.15) is 88.0 Å². The van der Waals surface area contributed by atoms with Gasteiger partial charge >= 0.3 is 6.18 Å². The van der Waals surface area contributed by atoms with Crippen molar-refractivity contribution in [2.75, 3.05) is 24.4 Å². The van der Waals surface area contributed by atoms with E-state index < -0.39 is 24.7 Å². The number of rotatable bonds is 13. The molecule has 1 saturated carbocycles. The quantitative estimate of drug-likeness (QED) is 0.176. The van der Waals surface area contributed by atoms with Crippen molar-refractivity contribution < 1.29 is 32.0 Å². The van der Waals surface area contributed by atoms with Gasteiger partial charge in [-0.15, -0.1) is 0 Å². The monoisotopic (exact) mass is 725 g/mol. The molecule has 3 heterocycles. The molecular formula is C38H46F3N5O4S. The summed E-state index contributed by atoms with van der Waals surface area (Å²) >= 11 is 1.32. The number of hydrogen-bond donors (Lipinski definition) is 1. The number of alkyl halides is 3. The molecule has 13 heteroatoms. The largest absolute Gasteiger partial charge is 0.493 e. The molecule has 1 N–H and O–H groups in total. The summed E-state index contributed by atoms with van der Waals surface area (Å²) in [6, 6.07) is 13.0. The number of halogens is 3. The molecule has 1 spiro atoms. The van der Waals surface area contributed by atoms with Gasteiger partial charge in [-0.1, -0.05) is 61.7 Å². The first-order valence-corrected chi connectivity index (χ1v) is 18.8. The summed E-state index contributed by atoms with van der Waals surface area (Å²) < 4.78 is 54.1. The number of amidine groups is 1. The second-order valence-electron chi connectivity index (χ2n) is 13.9. The maximum atomic E-state index is 14.4. The molecule has 1 unspecified atom stereocenters. The zero-order valence-electron chi connectivity index (χ0n) is 29.5. The van der Waals surface area contributed by atoms with Crippen LogP contribution in [-0.2, 0) is 16.1 Å². The van der Waals surface area contributed by atoms with E-state index in [0.29, 0.717) is 54.3 Å². The number of hydrogen-bond acceptors (Lipinski definition) is 8. The number of nitrogens with zero attached hydrogens (tertiary/aromatic N) is 4. The van der Waals surface area contributed by atoms with Crippen LogP contribution in [0.25, 0.3) is 11.1 Å². The summed E-state index contributed by atoms with van der Waals surface area (Å²) in [5.74, 6) is 2.32. The first kappa shape index (κ1) is 36.8. The smallest absolute Gasteiger partial charge is 0.392 e. The molecule has 3 aliphatic rings. The lowest BCUT2D eigenvalue weighted by molar-refractivity contribution is -0.142. The van der Waals surface area contributed by atoms with E-state index in [9.17, 15) is 22.8 Å². The SMILES string of the molecule is CCCCC1=NC2(CCCN(C(=O)C3CCCC3)C2)C(=O)N1Cc1ccc(-c2ccccc2SNc2noc(C)c2C)c(OCCC(F)(F)F)c1. The van der Waals surface area contributed by atoms with Crippen LogP contribution in [0.3, 0.4) is 0 Å². The maximum absolute atomic E-state index is 14.4. The van der Waals surface area contributed by atoms with E-state index in [2.05, 4.69) is 16.8 Å². The normalized spacial score (nSPS) is 19.6. The number of ether oxygens (including phenoxy) is 1. The second kappa shape index (κ2) is 15.7. The average molecular weight is 726 g/mol. The topological polar surface area (TPSA) is 100 Å². The van der Waals surface area contributed by atoms with Crippen LogP contribution in [0.2, 0.25) is 0 Å². The van der Waals surface area contributed by atoms with Gasteiger partial charge < -0.3 is 18.9 Å². The van der Waals surface area contributed by atoms with E-state index in [1.54, 1.807) is 11.0 Å². The van der Waals surface area contributed by atoms with Crippen molar-refractivity contribution in [1.82, 2.24) is 15.0 Å². The Balaban J connectivity index is 1.27. The van der Waals surface area contributed by atoms with Gasteiger partial charge in [0.25, 0.3) is 5.91 Å². The van der Waals surface area contributed by atoms with Crippen molar-refractivity contribution >= 4 is 35.4 Å². The van der Waals surface area contributed by atoms with Gasteiger partial charge in [0.2, 0.25) is 5.91 Å². The van der Waals surface area contributed by atoms with E-state index in [4.69, 9.17) is 14.3 Å². The second-order valence-corrected chi connectivity index (χ2v) is 14.7. The van der Waals surface area contributed by atoms with Crippen molar-refractivity contribution in [2.45, 2.75) is 108 Å². The molecule has 3 aromatic rings. The molecule has 1 atom stereocenters. The van der Waals surface area contributed by atoms with Gasteiger partial charge in [0.05, 0.1) is 26.1 Å². The molecule has 6 rings (SSSR count). The Hall–Kier alpha value is -4.00. The third-order valence-corrected chi connectivity index (χ3v) is 11.0. The molecule has 9 nitrogen and oxygen atoms in total. The summed E-state index contributed by atoms with van der Waals surface area (Å²) in [6.45, 7) is 6.38. The third kappa shape index (κ3) is 8.39. The molecule has 2 fully saturated rings. The summed E-state index contributed by atoms with van der Waals surface area (Å²) in [6.07, 6.45) is 2.12. The fourth-order valence-corrected chi connectivity index (χ4v) is 8.03. The van der Waals surface area contributed by atoms with E-state index in [-0.39, 0.29) is 36.6 Å². The van der Waals surface area contributed by atoms with Crippen LogP contribution >= 0.6 is 11.9 Å². The molecule has 2 aromatic carbocycles. The lowest BCUT2D eigenvalue weighted by Crippen LogP contribution is -2.55. The van der Waals surface area contributed by atoms with Gasteiger partial charge in [-0.05, 0) is 75.6 Å². The highest BCUT2D eigenvalue weighted by atomic mass is 32.2. The number of benzene rings is 2. The first-order valence-electron chi connectivity index (χ1n) is 17.9. The minimum absolute atomic E-state index is 0.0283. The number of carbonyl (C=O) groups excluding carboxylic acids is 2. The number of likely N-dealkylation sites (tertiary alicyclic amines) is 1. The van der Waals surface area contributed by atoms with Crippen LogP contribution in [0.5, 0.6) is 5.75 Å². The van der Waals surface area contributed by atoms with Crippen LogP contribution in [0.15, 0.2) is 56.9 Å². The lowest BCUT2D eigenvalue weighted by Gasteiger charge is -2.38. The molecule has 2 amide bonds. The van der Waals surface area contributed by atoms with Gasteiger partial charge in [-0.2, -0.15) is 13.2 Å². The number of anilines is 1. The van der Waals surface area contributed by atoms with Crippen molar-refractivity contribution in [2.24, 2.45) is 10.9 Å². The molecule has 1 saturated heterocycles. The van der Waals surface area contributed by atoms with Gasteiger partial charge in [0.1, 0.15) is 17.3 Å². The molecule has 1 aliphatic carbocycles. The molecule has 2 aliphatic heterocycles. The number of piperidine rings is 1. The summed E-state index contributed by atoms with van der Waals surface area (Å²) in [4.78, 5) is 37.3. The molecule has 51 heavy (non-hydrogen) atoms. The van der Waals surface area contributed by atoms with Crippen molar-refractivity contribution in [3.05, 3.63) is 59.4 Å². The summed E-state index contributed by atoms with van der Waals surface area (Å²) in [7, 11) is 0.